The molecule has 1 aromatic carbocycles. The number of benzene rings is 1. The Hall–Kier alpha value is -2.70. The lowest BCUT2D eigenvalue weighted by atomic mass is 10.1. The third-order valence-corrected chi connectivity index (χ3v) is 4.65. The zero-order valence-electron chi connectivity index (χ0n) is 14.5. The molecule has 1 aliphatic rings. The van der Waals surface area contributed by atoms with Gasteiger partial charge in [-0.05, 0) is 38.8 Å². The summed E-state index contributed by atoms with van der Waals surface area (Å²) < 4.78 is 1.69. The maximum absolute atomic E-state index is 13.3. The zero-order chi connectivity index (χ0) is 18.0. The fourth-order valence-corrected chi connectivity index (χ4v) is 3.49. The van der Waals surface area contributed by atoms with Gasteiger partial charge in [-0.3, -0.25) is 19.6 Å². The molecule has 1 fully saturated rings. The molecule has 25 heavy (non-hydrogen) atoms. The molecule has 132 valence electrons. The normalized spacial score (nSPS) is 14.6. The van der Waals surface area contributed by atoms with Crippen molar-refractivity contribution in [2.75, 3.05) is 4.90 Å². The Bertz CT molecular complexity index is 793. The minimum atomic E-state index is -0.429. The predicted molar refractivity (Wildman–Crippen MR) is 94.8 cm³/mol. The summed E-state index contributed by atoms with van der Waals surface area (Å²) >= 11 is 0. The van der Waals surface area contributed by atoms with E-state index in [0.717, 1.165) is 31.4 Å². The molecule has 0 atom stereocenters. The maximum atomic E-state index is 13.3. The third-order valence-electron chi connectivity index (χ3n) is 4.65. The van der Waals surface area contributed by atoms with E-state index in [1.807, 2.05) is 13.8 Å². The highest BCUT2D eigenvalue weighted by atomic mass is 16.6. The highest BCUT2D eigenvalue weighted by molar-refractivity contribution is 6.05. The number of carbonyl (C=O) groups excluding carboxylic acids is 1. The standard InChI is InChI=1S/C18H22N4O3/c1-3-20-17(11-13(2)19-20)18(23)21(14-7-4-5-8-14)15-9-6-10-16(12-15)22(24)25/h6,9-12,14H,3-5,7-8H2,1-2H3. The lowest BCUT2D eigenvalue weighted by Crippen LogP contribution is -2.40. The van der Waals surface area contributed by atoms with Gasteiger partial charge < -0.3 is 4.90 Å². The monoisotopic (exact) mass is 342 g/mol. The van der Waals surface area contributed by atoms with Crippen LogP contribution in [0.15, 0.2) is 30.3 Å². The van der Waals surface area contributed by atoms with E-state index >= 15 is 0 Å². The fourth-order valence-electron chi connectivity index (χ4n) is 3.49. The van der Waals surface area contributed by atoms with E-state index < -0.39 is 4.92 Å². The van der Waals surface area contributed by atoms with Crippen LogP contribution in [0.4, 0.5) is 11.4 Å². The summed E-state index contributed by atoms with van der Waals surface area (Å²) in [6.45, 7) is 4.40. The second kappa shape index (κ2) is 7.04. The molecular formula is C18H22N4O3. The molecule has 1 amide bonds. The topological polar surface area (TPSA) is 81.3 Å². The van der Waals surface area contributed by atoms with Gasteiger partial charge in [0.15, 0.2) is 0 Å². The van der Waals surface area contributed by atoms with E-state index in [-0.39, 0.29) is 17.6 Å². The van der Waals surface area contributed by atoms with Crippen LogP contribution in [0, 0.1) is 17.0 Å². The van der Waals surface area contributed by atoms with Crippen molar-refractivity contribution in [2.45, 2.75) is 52.1 Å². The number of nitro groups is 1. The van der Waals surface area contributed by atoms with Crippen molar-refractivity contribution in [1.29, 1.82) is 0 Å². The molecule has 1 saturated carbocycles. The van der Waals surface area contributed by atoms with Crippen LogP contribution in [0.2, 0.25) is 0 Å². The van der Waals surface area contributed by atoms with E-state index in [1.54, 1.807) is 27.8 Å². The van der Waals surface area contributed by atoms with Crippen molar-refractivity contribution in [3.63, 3.8) is 0 Å². The number of nitrogens with zero attached hydrogens (tertiary/aromatic N) is 4. The Morgan fingerprint density at radius 2 is 2.08 bits per heavy atom. The molecule has 0 saturated heterocycles. The van der Waals surface area contributed by atoms with Crippen LogP contribution in [0.5, 0.6) is 0 Å². The third kappa shape index (κ3) is 3.40. The van der Waals surface area contributed by atoms with Crippen LogP contribution in [-0.4, -0.2) is 26.7 Å². The summed E-state index contributed by atoms with van der Waals surface area (Å²) in [5.41, 5.74) is 1.88. The quantitative estimate of drug-likeness (QED) is 0.613. The van der Waals surface area contributed by atoms with Gasteiger partial charge in [0.2, 0.25) is 0 Å². The van der Waals surface area contributed by atoms with Gasteiger partial charge in [0.05, 0.1) is 16.3 Å². The Kier molecular flexibility index (Phi) is 4.83. The molecular weight excluding hydrogens is 320 g/mol. The van der Waals surface area contributed by atoms with Crippen molar-refractivity contribution in [1.82, 2.24) is 9.78 Å². The lowest BCUT2D eigenvalue weighted by Gasteiger charge is -2.29. The van der Waals surface area contributed by atoms with Crippen molar-refractivity contribution in [2.24, 2.45) is 0 Å². The summed E-state index contributed by atoms with van der Waals surface area (Å²) in [7, 11) is 0. The molecule has 1 aliphatic carbocycles. The maximum Gasteiger partial charge on any atom is 0.276 e. The van der Waals surface area contributed by atoms with Crippen LogP contribution in [-0.2, 0) is 6.54 Å². The molecule has 7 heteroatoms. The first-order valence-corrected chi connectivity index (χ1v) is 8.63. The van der Waals surface area contributed by atoms with Crippen molar-refractivity contribution < 1.29 is 9.72 Å². The van der Waals surface area contributed by atoms with Gasteiger partial charge in [-0.15, -0.1) is 0 Å². The number of rotatable bonds is 5. The number of aromatic nitrogens is 2. The molecule has 0 spiro atoms. The predicted octanol–water partition coefficient (Wildman–Crippen LogP) is 3.71. The van der Waals surface area contributed by atoms with E-state index in [4.69, 9.17) is 0 Å². The van der Waals surface area contributed by atoms with Gasteiger partial charge in [0.1, 0.15) is 5.69 Å². The molecule has 1 heterocycles. The van der Waals surface area contributed by atoms with Gasteiger partial charge in [-0.2, -0.15) is 5.10 Å². The van der Waals surface area contributed by atoms with Gasteiger partial charge in [0, 0.05) is 24.7 Å². The largest absolute Gasteiger partial charge is 0.304 e. The number of anilines is 1. The summed E-state index contributed by atoms with van der Waals surface area (Å²) in [6.07, 6.45) is 3.95. The van der Waals surface area contributed by atoms with E-state index in [1.165, 1.54) is 12.1 Å². The highest BCUT2D eigenvalue weighted by Gasteiger charge is 2.31. The summed E-state index contributed by atoms with van der Waals surface area (Å²) in [4.78, 5) is 25.7. The van der Waals surface area contributed by atoms with Crippen molar-refractivity contribution >= 4 is 17.3 Å². The Morgan fingerprint density at radius 1 is 1.36 bits per heavy atom. The van der Waals surface area contributed by atoms with E-state index in [2.05, 4.69) is 5.10 Å². The fraction of sp³-hybridized carbons (Fsp3) is 0.444. The van der Waals surface area contributed by atoms with Crippen LogP contribution in [0.25, 0.3) is 0 Å². The summed E-state index contributed by atoms with van der Waals surface area (Å²) in [6, 6.07) is 8.17. The SMILES string of the molecule is CCn1nc(C)cc1C(=O)N(c1cccc([N+](=O)[O-])c1)C1CCCC1. The minimum Gasteiger partial charge on any atom is -0.304 e. The number of non-ortho nitro benzene ring substituents is 1. The second-order valence-corrected chi connectivity index (χ2v) is 6.38. The average molecular weight is 342 g/mol. The lowest BCUT2D eigenvalue weighted by molar-refractivity contribution is -0.384. The molecule has 7 nitrogen and oxygen atoms in total. The number of amides is 1. The van der Waals surface area contributed by atoms with Gasteiger partial charge >= 0.3 is 0 Å². The van der Waals surface area contributed by atoms with Gasteiger partial charge in [0.25, 0.3) is 11.6 Å². The van der Waals surface area contributed by atoms with Gasteiger partial charge in [-0.25, -0.2) is 0 Å². The Labute approximate surface area is 146 Å². The molecule has 2 aromatic rings. The first-order valence-electron chi connectivity index (χ1n) is 8.63. The van der Waals surface area contributed by atoms with Crippen LogP contribution in [0.3, 0.4) is 0 Å². The zero-order valence-corrected chi connectivity index (χ0v) is 14.5. The molecule has 0 N–H and O–H groups in total. The van der Waals surface area contributed by atoms with E-state index in [0.29, 0.717) is 17.9 Å². The molecule has 0 radical (unpaired) electrons. The van der Waals surface area contributed by atoms with Gasteiger partial charge in [-0.1, -0.05) is 18.9 Å². The van der Waals surface area contributed by atoms with Crippen molar-refractivity contribution in [3.8, 4) is 0 Å². The Morgan fingerprint density at radius 3 is 2.72 bits per heavy atom. The number of carbonyl (C=O) groups is 1. The van der Waals surface area contributed by atoms with Crippen LogP contribution in [0.1, 0.15) is 48.8 Å². The van der Waals surface area contributed by atoms with Crippen molar-refractivity contribution in [3.05, 3.63) is 51.8 Å². The minimum absolute atomic E-state index is 0.00604. The highest BCUT2D eigenvalue weighted by Crippen LogP contribution is 2.31. The Balaban J connectivity index is 2.04. The molecule has 0 aliphatic heterocycles. The number of hydrogen-bond acceptors (Lipinski definition) is 4. The summed E-state index contributed by atoms with van der Waals surface area (Å²) in [5.74, 6) is -0.144. The first kappa shape index (κ1) is 17.1. The molecule has 0 bridgehead atoms. The first-order chi connectivity index (χ1) is 12.0. The van der Waals surface area contributed by atoms with Crippen LogP contribution < -0.4 is 4.90 Å². The average Bonchev–Trinajstić information content (AvgIpc) is 3.24. The molecule has 3 rings (SSSR count). The molecule has 0 unspecified atom stereocenters. The second-order valence-electron chi connectivity index (χ2n) is 6.38. The number of hydrogen-bond donors (Lipinski definition) is 0. The van der Waals surface area contributed by atoms with E-state index in [9.17, 15) is 14.9 Å². The molecule has 1 aromatic heterocycles. The number of aryl methyl sites for hydroxylation is 2. The number of nitro benzene ring substituents is 1. The smallest absolute Gasteiger partial charge is 0.276 e. The van der Waals surface area contributed by atoms with Crippen LogP contribution >= 0.6 is 0 Å². The summed E-state index contributed by atoms with van der Waals surface area (Å²) in [5, 5.41) is 15.5.